The Morgan fingerprint density at radius 2 is 1.67 bits per heavy atom. The SMILES string of the molecule is CC(C)(Br)C(=O)OCCOC(=O)CCN1C(=O)C=CC1=O. The van der Waals surface area contributed by atoms with E-state index in [1.165, 1.54) is 0 Å². The highest BCUT2D eigenvalue weighted by Gasteiger charge is 2.26. The molecule has 0 fully saturated rings. The van der Waals surface area contributed by atoms with Crippen molar-refractivity contribution in [1.29, 1.82) is 0 Å². The first-order chi connectivity index (χ1) is 9.71. The van der Waals surface area contributed by atoms with Crippen molar-refractivity contribution in [2.24, 2.45) is 0 Å². The van der Waals surface area contributed by atoms with Gasteiger partial charge in [-0.2, -0.15) is 0 Å². The van der Waals surface area contributed by atoms with Gasteiger partial charge in [0, 0.05) is 18.7 Å². The molecule has 1 rings (SSSR count). The molecule has 1 aliphatic heterocycles. The second-order valence-electron chi connectivity index (χ2n) is 4.74. The van der Waals surface area contributed by atoms with Crippen LogP contribution in [0.25, 0.3) is 0 Å². The second kappa shape index (κ2) is 7.35. The fraction of sp³-hybridized carbons (Fsp3) is 0.538. The van der Waals surface area contributed by atoms with E-state index in [2.05, 4.69) is 15.9 Å². The van der Waals surface area contributed by atoms with Gasteiger partial charge >= 0.3 is 11.9 Å². The number of nitrogens with zero attached hydrogens (tertiary/aromatic N) is 1. The van der Waals surface area contributed by atoms with E-state index < -0.39 is 28.1 Å². The highest BCUT2D eigenvalue weighted by atomic mass is 79.9. The van der Waals surface area contributed by atoms with Crippen LogP contribution in [0.5, 0.6) is 0 Å². The average molecular weight is 362 g/mol. The van der Waals surface area contributed by atoms with Gasteiger partial charge in [-0.1, -0.05) is 15.9 Å². The molecule has 0 aromatic rings. The molecule has 0 N–H and O–H groups in total. The maximum atomic E-state index is 11.4. The van der Waals surface area contributed by atoms with Crippen molar-refractivity contribution in [3.8, 4) is 0 Å². The lowest BCUT2D eigenvalue weighted by molar-refractivity contribution is -0.153. The molecular weight excluding hydrogens is 346 g/mol. The molecule has 1 aliphatic rings. The molecule has 1 heterocycles. The Morgan fingerprint density at radius 1 is 1.14 bits per heavy atom. The summed E-state index contributed by atoms with van der Waals surface area (Å²) in [4.78, 5) is 46.2. The van der Waals surface area contributed by atoms with Crippen molar-refractivity contribution in [3.63, 3.8) is 0 Å². The molecule has 7 nitrogen and oxygen atoms in total. The third-order valence-corrected chi connectivity index (χ3v) is 2.83. The van der Waals surface area contributed by atoms with Crippen molar-refractivity contribution < 1.29 is 28.7 Å². The zero-order chi connectivity index (χ0) is 16.0. The normalized spacial score (nSPS) is 14.5. The van der Waals surface area contributed by atoms with E-state index in [9.17, 15) is 19.2 Å². The van der Waals surface area contributed by atoms with Gasteiger partial charge in [0.1, 0.15) is 17.5 Å². The number of ether oxygens (including phenoxy) is 2. The summed E-state index contributed by atoms with van der Waals surface area (Å²) in [5.41, 5.74) is 0. The second-order valence-corrected chi connectivity index (χ2v) is 6.72. The van der Waals surface area contributed by atoms with Crippen LogP contribution in [0.2, 0.25) is 0 Å². The largest absolute Gasteiger partial charge is 0.462 e. The number of amides is 2. The fourth-order valence-electron chi connectivity index (χ4n) is 1.39. The number of carbonyl (C=O) groups is 4. The lowest BCUT2D eigenvalue weighted by atomic mass is 10.2. The summed E-state index contributed by atoms with van der Waals surface area (Å²) in [6.07, 6.45) is 2.20. The molecule has 0 spiro atoms. The first kappa shape index (κ1) is 17.4. The van der Waals surface area contributed by atoms with Crippen LogP contribution < -0.4 is 0 Å². The van der Waals surface area contributed by atoms with Gasteiger partial charge in [-0.3, -0.25) is 24.1 Å². The molecule has 0 saturated carbocycles. The topological polar surface area (TPSA) is 90.0 Å². The van der Waals surface area contributed by atoms with Crippen LogP contribution in [0.1, 0.15) is 20.3 Å². The Labute approximate surface area is 130 Å². The van der Waals surface area contributed by atoms with Crippen LogP contribution in [-0.2, 0) is 28.7 Å². The van der Waals surface area contributed by atoms with E-state index >= 15 is 0 Å². The average Bonchev–Trinajstić information content (AvgIpc) is 2.70. The van der Waals surface area contributed by atoms with Crippen LogP contribution in [0.4, 0.5) is 0 Å². The molecule has 0 aromatic heterocycles. The van der Waals surface area contributed by atoms with Crippen molar-refractivity contribution in [2.45, 2.75) is 24.6 Å². The molecule has 116 valence electrons. The van der Waals surface area contributed by atoms with Crippen molar-refractivity contribution in [2.75, 3.05) is 19.8 Å². The van der Waals surface area contributed by atoms with Crippen LogP contribution in [0.15, 0.2) is 12.2 Å². The standard InChI is InChI=1S/C13H16BrNO6/c1-13(2,14)12(19)21-8-7-20-11(18)5-6-15-9(16)3-4-10(15)17/h3-4H,5-8H2,1-2H3. The van der Waals surface area contributed by atoms with Gasteiger partial charge < -0.3 is 9.47 Å². The number of alkyl halides is 1. The van der Waals surface area contributed by atoms with Gasteiger partial charge in [0.05, 0.1) is 6.42 Å². The van der Waals surface area contributed by atoms with Crippen LogP contribution >= 0.6 is 15.9 Å². The molecule has 0 bridgehead atoms. The third kappa shape index (κ3) is 5.66. The summed E-state index contributed by atoms with van der Waals surface area (Å²) >= 11 is 3.14. The number of rotatable bonds is 7. The maximum Gasteiger partial charge on any atom is 0.322 e. The number of imide groups is 1. The molecule has 0 aliphatic carbocycles. The Hall–Kier alpha value is -1.70. The quantitative estimate of drug-likeness (QED) is 0.285. The lowest BCUT2D eigenvalue weighted by Crippen LogP contribution is -2.32. The van der Waals surface area contributed by atoms with E-state index in [0.717, 1.165) is 17.1 Å². The molecule has 0 saturated heterocycles. The van der Waals surface area contributed by atoms with Crippen LogP contribution in [-0.4, -0.2) is 52.7 Å². The summed E-state index contributed by atoms with van der Waals surface area (Å²) < 4.78 is 8.92. The smallest absolute Gasteiger partial charge is 0.322 e. The van der Waals surface area contributed by atoms with Gasteiger partial charge in [0.2, 0.25) is 0 Å². The zero-order valence-electron chi connectivity index (χ0n) is 11.8. The molecule has 8 heteroatoms. The fourth-order valence-corrected chi connectivity index (χ4v) is 1.50. The molecular formula is C13H16BrNO6. The Morgan fingerprint density at radius 3 is 2.19 bits per heavy atom. The Balaban J connectivity index is 2.16. The van der Waals surface area contributed by atoms with Gasteiger partial charge in [-0.05, 0) is 13.8 Å². The summed E-state index contributed by atoms with van der Waals surface area (Å²) in [5, 5.41) is 0. The van der Waals surface area contributed by atoms with E-state index in [4.69, 9.17) is 9.47 Å². The summed E-state index contributed by atoms with van der Waals surface area (Å²) in [6.45, 7) is 3.12. The Kier molecular flexibility index (Phi) is 6.07. The van der Waals surface area contributed by atoms with Crippen molar-refractivity contribution in [3.05, 3.63) is 12.2 Å². The zero-order valence-corrected chi connectivity index (χ0v) is 13.3. The van der Waals surface area contributed by atoms with Gasteiger partial charge in [-0.15, -0.1) is 0 Å². The third-order valence-electron chi connectivity index (χ3n) is 2.51. The lowest BCUT2D eigenvalue weighted by Gasteiger charge is -2.15. The number of hydrogen-bond acceptors (Lipinski definition) is 6. The van der Waals surface area contributed by atoms with Gasteiger partial charge in [-0.25, -0.2) is 0 Å². The van der Waals surface area contributed by atoms with Crippen LogP contribution in [0, 0.1) is 0 Å². The highest BCUT2D eigenvalue weighted by molar-refractivity contribution is 9.10. The molecule has 0 aromatic carbocycles. The molecule has 0 unspecified atom stereocenters. The van der Waals surface area contributed by atoms with E-state index in [-0.39, 0.29) is 26.2 Å². The summed E-state index contributed by atoms with van der Waals surface area (Å²) in [5.74, 6) is -1.92. The number of carbonyl (C=O) groups excluding carboxylic acids is 4. The first-order valence-electron chi connectivity index (χ1n) is 6.27. The number of esters is 2. The van der Waals surface area contributed by atoms with Crippen molar-refractivity contribution >= 4 is 39.7 Å². The van der Waals surface area contributed by atoms with Gasteiger partial charge in [0.25, 0.3) is 11.8 Å². The monoisotopic (exact) mass is 361 g/mol. The first-order valence-corrected chi connectivity index (χ1v) is 7.06. The van der Waals surface area contributed by atoms with E-state index in [0.29, 0.717) is 0 Å². The Bertz CT molecular complexity index is 462. The minimum absolute atomic E-state index is 0.0300. The molecule has 0 radical (unpaired) electrons. The number of halogens is 1. The highest BCUT2D eigenvalue weighted by Crippen LogP contribution is 2.17. The molecule has 2 amide bonds. The predicted molar refractivity (Wildman–Crippen MR) is 75.4 cm³/mol. The summed E-state index contributed by atoms with van der Waals surface area (Å²) in [6, 6.07) is 0. The van der Waals surface area contributed by atoms with E-state index in [1.807, 2.05) is 0 Å². The minimum Gasteiger partial charge on any atom is -0.462 e. The van der Waals surface area contributed by atoms with E-state index in [1.54, 1.807) is 13.8 Å². The van der Waals surface area contributed by atoms with Crippen LogP contribution in [0.3, 0.4) is 0 Å². The predicted octanol–water partition coefficient (Wildman–Crippen LogP) is 0.561. The minimum atomic E-state index is -0.791. The maximum absolute atomic E-state index is 11.4. The summed E-state index contributed by atoms with van der Waals surface area (Å²) in [7, 11) is 0. The number of hydrogen-bond donors (Lipinski definition) is 0. The van der Waals surface area contributed by atoms with Gasteiger partial charge in [0.15, 0.2) is 0 Å². The molecule has 0 atom stereocenters. The molecule has 21 heavy (non-hydrogen) atoms. The van der Waals surface area contributed by atoms with Crippen molar-refractivity contribution in [1.82, 2.24) is 4.90 Å².